The zero-order valence-electron chi connectivity index (χ0n) is 10.9. The number of hydrogen-bond donors (Lipinski definition) is 0. The molecule has 1 aromatic rings. The van der Waals surface area contributed by atoms with Gasteiger partial charge in [0.25, 0.3) is 0 Å². The molecule has 0 radical (unpaired) electrons. The van der Waals surface area contributed by atoms with Crippen LogP contribution in [0.15, 0.2) is 36.7 Å². The molecule has 2 heteroatoms. The fourth-order valence-electron chi connectivity index (χ4n) is 2.39. The van der Waals surface area contributed by atoms with Gasteiger partial charge in [-0.05, 0) is 13.0 Å². The van der Waals surface area contributed by atoms with Gasteiger partial charge in [0.1, 0.15) is 11.9 Å². The third-order valence-corrected chi connectivity index (χ3v) is 4.20. The zero-order valence-corrected chi connectivity index (χ0v) is 10.9. The highest BCUT2D eigenvalue weighted by Crippen LogP contribution is 2.39. The Morgan fingerprint density at radius 1 is 1.19 bits per heavy atom. The molecule has 0 bridgehead atoms. The summed E-state index contributed by atoms with van der Waals surface area (Å²) in [6.07, 6.45) is 4.44. The smallest absolute Gasteiger partial charge is 0.177 e. The number of benzene rings is 1. The van der Waals surface area contributed by atoms with Gasteiger partial charge in [-0.3, -0.25) is 0 Å². The van der Waals surface area contributed by atoms with Crippen LogP contribution in [0.25, 0.3) is 0 Å². The van der Waals surface area contributed by atoms with Crippen molar-refractivity contribution in [3.05, 3.63) is 42.2 Å². The Morgan fingerprint density at radius 2 is 1.81 bits per heavy atom. The molecule has 0 fully saturated rings. The van der Waals surface area contributed by atoms with Gasteiger partial charge < -0.3 is 4.90 Å². The molecule has 2 rings (SSSR count). The van der Waals surface area contributed by atoms with E-state index in [2.05, 4.69) is 76.4 Å². The lowest BCUT2D eigenvalue weighted by Crippen LogP contribution is -2.59. The zero-order chi connectivity index (χ0) is 12.0. The van der Waals surface area contributed by atoms with Crippen LogP contribution >= 0.6 is 0 Å². The van der Waals surface area contributed by atoms with Crippen LogP contribution in [-0.2, 0) is 0 Å². The first-order valence-corrected chi connectivity index (χ1v) is 5.74. The van der Waals surface area contributed by atoms with Crippen LogP contribution in [-0.4, -0.2) is 24.7 Å². The highest BCUT2D eigenvalue weighted by Gasteiger charge is 2.47. The van der Waals surface area contributed by atoms with Crippen LogP contribution in [0.3, 0.4) is 0 Å². The van der Waals surface area contributed by atoms with Crippen molar-refractivity contribution < 1.29 is 0 Å². The summed E-state index contributed by atoms with van der Waals surface area (Å²) in [4.78, 5) is 2.28. The first-order valence-electron chi connectivity index (χ1n) is 5.74. The van der Waals surface area contributed by atoms with Crippen molar-refractivity contribution >= 4 is 5.69 Å². The highest BCUT2D eigenvalue weighted by molar-refractivity contribution is 5.53. The Hall–Kier alpha value is -1.28. The summed E-state index contributed by atoms with van der Waals surface area (Å²) in [5, 5.41) is 0. The monoisotopic (exact) mass is 217 g/mol. The van der Waals surface area contributed by atoms with E-state index in [9.17, 15) is 0 Å². The van der Waals surface area contributed by atoms with Crippen molar-refractivity contribution in [1.29, 1.82) is 0 Å². The number of para-hydroxylation sites is 1. The average molecular weight is 217 g/mol. The quantitative estimate of drug-likeness (QED) is 0.653. The van der Waals surface area contributed by atoms with Gasteiger partial charge in [0.15, 0.2) is 5.66 Å². The lowest BCUT2D eigenvalue weighted by atomic mass is 10.1. The normalized spacial score (nSPS) is 27.4. The molecule has 1 aliphatic rings. The summed E-state index contributed by atoms with van der Waals surface area (Å²) in [5.41, 5.74) is 2.78. The topological polar surface area (TPSA) is 3.24 Å². The molecule has 0 aliphatic carbocycles. The van der Waals surface area contributed by atoms with Crippen molar-refractivity contribution in [2.24, 2.45) is 0 Å². The van der Waals surface area contributed by atoms with Crippen molar-refractivity contribution in [3.63, 3.8) is 0 Å². The molecular formula is C14H21N2+. The Morgan fingerprint density at radius 3 is 2.31 bits per heavy atom. The summed E-state index contributed by atoms with van der Waals surface area (Å²) in [6.45, 7) is 6.74. The molecule has 1 atom stereocenters. The fraction of sp³-hybridized carbons (Fsp3) is 0.429. The summed E-state index contributed by atoms with van der Waals surface area (Å²) >= 11 is 0. The average Bonchev–Trinajstić information content (AvgIpc) is 2.44. The minimum atomic E-state index is 0.0616. The largest absolute Gasteiger partial charge is 0.324 e. The van der Waals surface area contributed by atoms with E-state index in [4.69, 9.17) is 0 Å². The Bertz CT molecular complexity index is 434. The third-order valence-electron chi connectivity index (χ3n) is 4.20. The van der Waals surface area contributed by atoms with Gasteiger partial charge >= 0.3 is 0 Å². The molecule has 86 valence electrons. The summed E-state index contributed by atoms with van der Waals surface area (Å²) < 4.78 is 0.830. The van der Waals surface area contributed by atoms with Crippen molar-refractivity contribution in [3.8, 4) is 0 Å². The van der Waals surface area contributed by atoms with Gasteiger partial charge in [0, 0.05) is 26.5 Å². The molecular weight excluding hydrogens is 196 g/mol. The maximum absolute atomic E-state index is 2.28. The molecule has 1 unspecified atom stereocenters. The number of rotatable bonds is 1. The van der Waals surface area contributed by atoms with Crippen LogP contribution in [0.5, 0.6) is 0 Å². The molecule has 1 aromatic carbocycles. The highest BCUT2D eigenvalue weighted by atomic mass is 15.5. The van der Waals surface area contributed by atoms with E-state index < -0.39 is 0 Å². The second-order valence-electron chi connectivity index (χ2n) is 5.27. The Kier molecular flexibility index (Phi) is 2.35. The molecule has 1 heterocycles. The minimum absolute atomic E-state index is 0.0616. The predicted molar refractivity (Wildman–Crippen MR) is 69.9 cm³/mol. The van der Waals surface area contributed by atoms with Gasteiger partial charge in [-0.15, -0.1) is 0 Å². The summed E-state index contributed by atoms with van der Waals surface area (Å²) in [7, 11) is 4.40. The van der Waals surface area contributed by atoms with Crippen LogP contribution in [0, 0.1) is 6.92 Å². The van der Waals surface area contributed by atoms with Crippen LogP contribution in [0.4, 0.5) is 5.69 Å². The third kappa shape index (κ3) is 1.30. The van der Waals surface area contributed by atoms with E-state index in [0.29, 0.717) is 0 Å². The van der Waals surface area contributed by atoms with Gasteiger partial charge in [-0.25, -0.2) is 4.48 Å². The van der Waals surface area contributed by atoms with E-state index in [1.165, 1.54) is 11.3 Å². The summed E-state index contributed by atoms with van der Waals surface area (Å²) in [6, 6.07) is 8.62. The molecule has 0 spiro atoms. The van der Waals surface area contributed by atoms with Crippen molar-refractivity contribution in [1.82, 2.24) is 9.38 Å². The number of nitrogens with zero attached hydrogens (tertiary/aromatic N) is 2. The van der Waals surface area contributed by atoms with E-state index in [1.54, 1.807) is 0 Å². The molecule has 1 aliphatic heterocycles. The Balaban J connectivity index is 2.56. The molecule has 0 N–H and O–H groups in total. The number of hydrogen-bond acceptors (Lipinski definition) is 1. The van der Waals surface area contributed by atoms with Crippen LogP contribution < -0.4 is 4.48 Å². The van der Waals surface area contributed by atoms with Gasteiger partial charge in [-0.1, -0.05) is 18.2 Å². The molecule has 2 nitrogen and oxygen atoms in total. The second-order valence-corrected chi connectivity index (χ2v) is 5.27. The van der Waals surface area contributed by atoms with Gasteiger partial charge in [-0.2, -0.15) is 0 Å². The lowest BCUT2D eigenvalue weighted by Gasteiger charge is -2.43. The second kappa shape index (κ2) is 3.36. The summed E-state index contributed by atoms with van der Waals surface area (Å²) in [5.74, 6) is 0. The standard InChI is InChI=1S/C14H21N2/c1-12-8-6-7-9-13(12)16(5)11-10-15(4)14(16,2)3/h6-11H,1-5H3/q+1. The number of quaternary nitrogens is 1. The molecule has 0 amide bonds. The van der Waals surface area contributed by atoms with Gasteiger partial charge in [0.2, 0.25) is 0 Å². The van der Waals surface area contributed by atoms with E-state index in [0.717, 1.165) is 4.48 Å². The molecule has 16 heavy (non-hydrogen) atoms. The first-order chi connectivity index (χ1) is 7.39. The van der Waals surface area contributed by atoms with E-state index in [1.807, 2.05) is 0 Å². The van der Waals surface area contributed by atoms with Crippen molar-refractivity contribution in [2.45, 2.75) is 26.4 Å². The van der Waals surface area contributed by atoms with Crippen molar-refractivity contribution in [2.75, 3.05) is 14.1 Å². The molecule has 0 saturated carbocycles. The van der Waals surface area contributed by atoms with Gasteiger partial charge in [0.05, 0.1) is 13.2 Å². The fourth-order valence-corrected chi connectivity index (χ4v) is 2.39. The van der Waals surface area contributed by atoms with E-state index in [-0.39, 0.29) is 5.66 Å². The predicted octanol–water partition coefficient (Wildman–Crippen LogP) is 3.08. The van der Waals surface area contributed by atoms with E-state index >= 15 is 0 Å². The first kappa shape index (κ1) is 11.2. The maximum atomic E-state index is 2.28. The molecule has 0 aromatic heterocycles. The van der Waals surface area contributed by atoms with Crippen LogP contribution in [0.1, 0.15) is 19.4 Å². The Labute approximate surface area is 98.4 Å². The number of aryl methyl sites for hydroxylation is 1. The lowest BCUT2D eigenvalue weighted by molar-refractivity contribution is 0.107. The maximum Gasteiger partial charge on any atom is 0.177 e. The van der Waals surface area contributed by atoms with Crippen LogP contribution in [0.2, 0.25) is 0 Å². The minimum Gasteiger partial charge on any atom is -0.324 e. The molecule has 0 saturated heterocycles. The SMILES string of the molecule is Cc1ccccc1[N+]1(C)C=CN(C)C1(C)C.